The van der Waals surface area contributed by atoms with Crippen LogP contribution < -0.4 is 10.1 Å². The number of rotatable bonds is 10. The molecule has 1 unspecified atom stereocenters. The maximum Gasteiger partial charge on any atom is 0.119 e. The Labute approximate surface area is 121 Å². The Kier molecular flexibility index (Phi) is 6.30. The summed E-state index contributed by atoms with van der Waals surface area (Å²) >= 11 is 0. The van der Waals surface area contributed by atoms with Gasteiger partial charge in [-0.25, -0.2) is 0 Å². The molecule has 0 bridgehead atoms. The summed E-state index contributed by atoms with van der Waals surface area (Å²) < 4.78 is 16.6. The molecule has 0 radical (unpaired) electrons. The predicted octanol–water partition coefficient (Wildman–Crippen LogP) is 2.54. The quantitative estimate of drug-likeness (QED) is 0.668. The van der Waals surface area contributed by atoms with Gasteiger partial charge in [0.05, 0.1) is 26.4 Å². The topological polar surface area (TPSA) is 39.7 Å². The van der Waals surface area contributed by atoms with Crippen LogP contribution in [-0.2, 0) is 9.47 Å². The third kappa shape index (κ3) is 5.12. The van der Waals surface area contributed by atoms with E-state index in [-0.39, 0.29) is 6.10 Å². The molecule has 1 aromatic rings. The van der Waals surface area contributed by atoms with E-state index in [4.69, 9.17) is 14.2 Å². The lowest BCUT2D eigenvalue weighted by molar-refractivity contribution is 0.00665. The zero-order chi connectivity index (χ0) is 14.2. The fourth-order valence-corrected chi connectivity index (χ4v) is 2.07. The van der Waals surface area contributed by atoms with Crippen LogP contribution in [0.3, 0.4) is 0 Å². The molecular weight excluding hydrogens is 254 g/mol. The Morgan fingerprint density at radius 2 is 2.15 bits per heavy atom. The van der Waals surface area contributed by atoms with Crippen molar-refractivity contribution < 1.29 is 14.2 Å². The highest BCUT2D eigenvalue weighted by molar-refractivity contribution is 5.30. The van der Waals surface area contributed by atoms with Crippen molar-refractivity contribution in [3.8, 4) is 5.75 Å². The van der Waals surface area contributed by atoms with Crippen molar-refractivity contribution in [1.82, 2.24) is 5.32 Å². The molecular formula is C16H25NO3. The van der Waals surface area contributed by atoms with Crippen LogP contribution in [0.4, 0.5) is 0 Å². The van der Waals surface area contributed by atoms with Crippen molar-refractivity contribution in [3.05, 3.63) is 29.8 Å². The van der Waals surface area contributed by atoms with Crippen molar-refractivity contribution in [2.45, 2.75) is 31.9 Å². The van der Waals surface area contributed by atoms with E-state index >= 15 is 0 Å². The van der Waals surface area contributed by atoms with Crippen LogP contribution >= 0.6 is 0 Å². The molecule has 1 aromatic carbocycles. The largest absolute Gasteiger partial charge is 0.497 e. The first kappa shape index (κ1) is 15.3. The molecule has 1 saturated carbocycles. The zero-order valence-electron chi connectivity index (χ0n) is 12.4. The van der Waals surface area contributed by atoms with Gasteiger partial charge >= 0.3 is 0 Å². The normalized spacial score (nSPS) is 16.1. The van der Waals surface area contributed by atoms with Gasteiger partial charge in [-0.05, 0) is 37.5 Å². The fraction of sp³-hybridized carbons (Fsp3) is 0.625. The molecule has 1 atom stereocenters. The maximum atomic E-state index is 5.96. The van der Waals surface area contributed by atoms with Gasteiger partial charge in [0.25, 0.3) is 0 Å². The molecule has 4 nitrogen and oxygen atoms in total. The summed E-state index contributed by atoms with van der Waals surface area (Å²) in [4.78, 5) is 0. The van der Waals surface area contributed by atoms with Gasteiger partial charge in [0.1, 0.15) is 5.75 Å². The first-order valence-corrected chi connectivity index (χ1v) is 7.40. The smallest absolute Gasteiger partial charge is 0.119 e. The Hall–Kier alpha value is -1.10. The summed E-state index contributed by atoms with van der Waals surface area (Å²) in [6, 6.07) is 8.76. The molecule has 0 amide bonds. The number of hydrogen-bond acceptors (Lipinski definition) is 4. The van der Waals surface area contributed by atoms with Crippen molar-refractivity contribution in [2.24, 2.45) is 0 Å². The maximum absolute atomic E-state index is 5.96. The second kappa shape index (κ2) is 8.25. The number of ether oxygens (including phenoxy) is 3. The molecule has 20 heavy (non-hydrogen) atoms. The lowest BCUT2D eigenvalue weighted by Gasteiger charge is -2.19. The monoisotopic (exact) mass is 279 g/mol. The molecule has 0 aliphatic heterocycles. The van der Waals surface area contributed by atoms with Crippen LogP contribution in [-0.4, -0.2) is 39.5 Å². The second-order valence-corrected chi connectivity index (χ2v) is 5.02. The van der Waals surface area contributed by atoms with Crippen molar-refractivity contribution >= 4 is 0 Å². The average molecular weight is 279 g/mol. The fourth-order valence-electron chi connectivity index (χ4n) is 2.07. The number of methoxy groups -OCH3 is 1. The van der Waals surface area contributed by atoms with Crippen molar-refractivity contribution in [2.75, 3.05) is 33.5 Å². The van der Waals surface area contributed by atoms with E-state index in [1.165, 1.54) is 12.8 Å². The highest BCUT2D eigenvalue weighted by Gasteiger charge is 2.22. The molecule has 0 spiro atoms. The minimum absolute atomic E-state index is 0.0474. The second-order valence-electron chi connectivity index (χ2n) is 5.02. The highest BCUT2D eigenvalue weighted by atomic mass is 16.5. The van der Waals surface area contributed by atoms with E-state index in [2.05, 4.69) is 11.4 Å². The highest BCUT2D eigenvalue weighted by Crippen LogP contribution is 2.24. The molecule has 2 rings (SSSR count). The summed E-state index contributed by atoms with van der Waals surface area (Å²) in [7, 11) is 1.69. The number of nitrogens with one attached hydrogen (secondary N) is 1. The first-order valence-electron chi connectivity index (χ1n) is 7.40. The predicted molar refractivity (Wildman–Crippen MR) is 79.2 cm³/mol. The van der Waals surface area contributed by atoms with Crippen LogP contribution in [0, 0.1) is 0 Å². The first-order chi connectivity index (χ1) is 9.83. The van der Waals surface area contributed by atoms with Gasteiger partial charge in [0, 0.05) is 19.2 Å². The molecule has 112 valence electrons. The van der Waals surface area contributed by atoms with E-state index in [1.807, 2.05) is 25.1 Å². The molecule has 4 heteroatoms. The van der Waals surface area contributed by atoms with Gasteiger partial charge in [0.2, 0.25) is 0 Å². The van der Waals surface area contributed by atoms with Crippen LogP contribution in [0.5, 0.6) is 5.75 Å². The lowest BCUT2D eigenvalue weighted by Crippen LogP contribution is -2.26. The molecule has 1 N–H and O–H groups in total. The van der Waals surface area contributed by atoms with Crippen molar-refractivity contribution in [1.29, 1.82) is 0 Å². The third-order valence-corrected chi connectivity index (χ3v) is 3.39. The van der Waals surface area contributed by atoms with Gasteiger partial charge in [0.15, 0.2) is 0 Å². The van der Waals surface area contributed by atoms with Crippen LogP contribution in [0.1, 0.15) is 31.4 Å². The van der Waals surface area contributed by atoms with Gasteiger partial charge < -0.3 is 19.5 Å². The summed E-state index contributed by atoms with van der Waals surface area (Å²) in [6.45, 7) is 4.81. The van der Waals surface area contributed by atoms with E-state index in [1.54, 1.807) is 7.11 Å². The molecule has 0 heterocycles. The van der Waals surface area contributed by atoms with Crippen molar-refractivity contribution in [3.63, 3.8) is 0 Å². The Morgan fingerprint density at radius 1 is 1.30 bits per heavy atom. The standard InChI is InChI=1S/C16H25NO3/c1-3-19-9-10-20-16(12-17-14-7-8-14)13-5-4-6-15(11-13)18-2/h4-6,11,14,16-17H,3,7-10,12H2,1-2H3. The minimum Gasteiger partial charge on any atom is -0.497 e. The van der Waals surface area contributed by atoms with Gasteiger partial charge in [-0.3, -0.25) is 0 Å². The SMILES string of the molecule is CCOCCOC(CNC1CC1)c1cccc(OC)c1. The molecule has 0 aromatic heterocycles. The molecule has 1 fully saturated rings. The third-order valence-electron chi connectivity index (χ3n) is 3.39. The van der Waals surface area contributed by atoms with Gasteiger partial charge in [-0.15, -0.1) is 0 Å². The molecule has 0 saturated heterocycles. The van der Waals surface area contributed by atoms with E-state index in [0.29, 0.717) is 19.3 Å². The zero-order valence-corrected chi connectivity index (χ0v) is 12.4. The van der Waals surface area contributed by atoms with Gasteiger partial charge in [-0.1, -0.05) is 12.1 Å². The van der Waals surface area contributed by atoms with E-state index < -0.39 is 0 Å². The summed E-state index contributed by atoms with van der Waals surface area (Å²) in [6.07, 6.45) is 2.61. The van der Waals surface area contributed by atoms with E-state index in [9.17, 15) is 0 Å². The van der Waals surface area contributed by atoms with E-state index in [0.717, 1.165) is 24.5 Å². The van der Waals surface area contributed by atoms with Crippen LogP contribution in [0.25, 0.3) is 0 Å². The minimum atomic E-state index is 0.0474. The Bertz CT molecular complexity index is 393. The molecule has 1 aliphatic carbocycles. The Morgan fingerprint density at radius 3 is 2.85 bits per heavy atom. The summed E-state index contributed by atoms with van der Waals surface area (Å²) in [5, 5.41) is 3.53. The average Bonchev–Trinajstić information content (AvgIpc) is 3.31. The van der Waals surface area contributed by atoms with Gasteiger partial charge in [-0.2, -0.15) is 0 Å². The lowest BCUT2D eigenvalue weighted by atomic mass is 10.1. The summed E-state index contributed by atoms with van der Waals surface area (Å²) in [5.41, 5.74) is 1.15. The number of hydrogen-bond donors (Lipinski definition) is 1. The number of benzene rings is 1. The Balaban J connectivity index is 1.91. The van der Waals surface area contributed by atoms with Crippen LogP contribution in [0.15, 0.2) is 24.3 Å². The summed E-state index contributed by atoms with van der Waals surface area (Å²) in [5.74, 6) is 0.868. The van der Waals surface area contributed by atoms with Crippen LogP contribution in [0.2, 0.25) is 0 Å². The molecule has 1 aliphatic rings.